The largest absolute Gasteiger partial charge is 0.492 e. The molecule has 30 heavy (non-hydrogen) atoms. The summed E-state index contributed by atoms with van der Waals surface area (Å²) in [5.41, 5.74) is 3.97. The number of benzene rings is 2. The molecule has 1 aromatic heterocycles. The molecule has 152 valence electrons. The molecule has 0 bridgehead atoms. The number of para-hydroxylation sites is 2. The molecule has 6 heteroatoms. The molecule has 0 unspecified atom stereocenters. The molecule has 1 aliphatic heterocycles. The summed E-state index contributed by atoms with van der Waals surface area (Å²) in [4.78, 5) is 28.9. The van der Waals surface area contributed by atoms with E-state index >= 15 is 0 Å². The van der Waals surface area contributed by atoms with Crippen LogP contribution in [0.2, 0.25) is 0 Å². The highest BCUT2D eigenvalue weighted by Crippen LogP contribution is 2.39. The van der Waals surface area contributed by atoms with Crippen molar-refractivity contribution in [2.75, 3.05) is 16.8 Å². The van der Waals surface area contributed by atoms with Gasteiger partial charge in [-0.2, -0.15) is 0 Å². The second-order valence-corrected chi connectivity index (χ2v) is 7.96. The van der Waals surface area contributed by atoms with Gasteiger partial charge in [-0.25, -0.2) is 4.90 Å². The van der Waals surface area contributed by atoms with Gasteiger partial charge in [0.1, 0.15) is 11.4 Å². The molecule has 1 N–H and O–H groups in total. The van der Waals surface area contributed by atoms with E-state index in [0.29, 0.717) is 23.6 Å². The third-order valence-electron chi connectivity index (χ3n) is 4.91. The van der Waals surface area contributed by atoms with E-state index in [4.69, 9.17) is 4.74 Å². The molecule has 0 fully saturated rings. The summed E-state index contributed by atoms with van der Waals surface area (Å²) < 4.78 is 5.68. The fraction of sp³-hybridized carbons (Fsp3) is 0.167. The predicted molar refractivity (Wildman–Crippen MR) is 121 cm³/mol. The lowest BCUT2D eigenvalue weighted by Gasteiger charge is -2.19. The topological polar surface area (TPSA) is 58.6 Å². The maximum absolute atomic E-state index is 13.5. The van der Waals surface area contributed by atoms with E-state index in [1.54, 1.807) is 18.2 Å². The molecule has 1 aliphatic rings. The average molecular weight is 419 g/mol. The Labute approximate surface area is 179 Å². The Bertz CT molecular complexity index is 1150. The first-order valence-electron chi connectivity index (χ1n) is 9.74. The number of imide groups is 1. The first kappa shape index (κ1) is 19.9. The van der Waals surface area contributed by atoms with Crippen molar-refractivity contribution in [1.82, 2.24) is 0 Å². The Morgan fingerprint density at radius 3 is 2.53 bits per heavy atom. The Hall–Kier alpha value is -3.38. The molecule has 0 saturated heterocycles. The molecule has 4 rings (SSSR count). The number of nitrogens with zero attached hydrogens (tertiary/aromatic N) is 1. The Morgan fingerprint density at radius 2 is 1.80 bits per heavy atom. The highest BCUT2D eigenvalue weighted by molar-refractivity contribution is 7.11. The maximum atomic E-state index is 13.5. The van der Waals surface area contributed by atoms with Crippen molar-refractivity contribution in [1.29, 1.82) is 0 Å². The SMILES string of the molecule is CCOc1ccccc1N1C(=O)C(Nc2cc(C)ccc2C)=C(c2cccs2)C1=O. The van der Waals surface area contributed by atoms with E-state index in [1.165, 1.54) is 16.2 Å². The zero-order valence-electron chi connectivity index (χ0n) is 17.1. The van der Waals surface area contributed by atoms with Gasteiger partial charge in [0, 0.05) is 10.6 Å². The van der Waals surface area contributed by atoms with Crippen molar-refractivity contribution in [3.63, 3.8) is 0 Å². The minimum atomic E-state index is -0.392. The van der Waals surface area contributed by atoms with Crippen molar-refractivity contribution in [2.24, 2.45) is 0 Å². The molecule has 2 aromatic carbocycles. The van der Waals surface area contributed by atoms with Crippen LogP contribution in [0, 0.1) is 13.8 Å². The zero-order chi connectivity index (χ0) is 21.3. The zero-order valence-corrected chi connectivity index (χ0v) is 17.9. The quantitative estimate of drug-likeness (QED) is 0.562. The molecule has 0 atom stereocenters. The first-order chi connectivity index (χ1) is 14.5. The van der Waals surface area contributed by atoms with Gasteiger partial charge in [0.05, 0.1) is 17.9 Å². The van der Waals surface area contributed by atoms with Gasteiger partial charge in [0.15, 0.2) is 0 Å². The van der Waals surface area contributed by atoms with Crippen molar-refractivity contribution < 1.29 is 14.3 Å². The van der Waals surface area contributed by atoms with Crippen molar-refractivity contribution in [2.45, 2.75) is 20.8 Å². The van der Waals surface area contributed by atoms with Crippen LogP contribution in [0.25, 0.3) is 5.57 Å². The van der Waals surface area contributed by atoms with Crippen LogP contribution in [-0.4, -0.2) is 18.4 Å². The van der Waals surface area contributed by atoms with Gasteiger partial charge >= 0.3 is 0 Å². The molecule has 0 aliphatic carbocycles. The maximum Gasteiger partial charge on any atom is 0.282 e. The van der Waals surface area contributed by atoms with E-state index in [1.807, 2.05) is 62.5 Å². The van der Waals surface area contributed by atoms with Crippen molar-refractivity contribution in [3.05, 3.63) is 81.7 Å². The van der Waals surface area contributed by atoms with E-state index < -0.39 is 5.91 Å². The number of hydrogen-bond donors (Lipinski definition) is 1. The van der Waals surface area contributed by atoms with Gasteiger partial charge < -0.3 is 10.1 Å². The minimum absolute atomic E-state index is 0.280. The average Bonchev–Trinajstić information content (AvgIpc) is 3.33. The fourth-order valence-electron chi connectivity index (χ4n) is 3.44. The molecule has 0 saturated carbocycles. The summed E-state index contributed by atoms with van der Waals surface area (Å²) in [6.45, 7) is 6.27. The van der Waals surface area contributed by atoms with Crippen LogP contribution in [0.5, 0.6) is 5.75 Å². The molecule has 0 spiro atoms. The van der Waals surface area contributed by atoms with Crippen LogP contribution < -0.4 is 15.0 Å². The Kier molecular flexibility index (Phi) is 5.42. The molecule has 3 aromatic rings. The van der Waals surface area contributed by atoms with E-state index in [0.717, 1.165) is 21.7 Å². The summed E-state index contributed by atoms with van der Waals surface area (Å²) in [7, 11) is 0. The molecule has 2 heterocycles. The number of carbonyl (C=O) groups excluding carboxylic acids is 2. The van der Waals surface area contributed by atoms with Crippen LogP contribution in [0.15, 0.2) is 65.7 Å². The molecule has 2 amide bonds. The normalized spacial score (nSPS) is 13.9. The first-order valence-corrected chi connectivity index (χ1v) is 10.6. The number of hydrogen-bond acceptors (Lipinski definition) is 5. The van der Waals surface area contributed by atoms with Gasteiger partial charge in [0.2, 0.25) is 0 Å². The smallest absolute Gasteiger partial charge is 0.282 e. The van der Waals surface area contributed by atoms with Crippen molar-refractivity contribution in [3.8, 4) is 5.75 Å². The van der Waals surface area contributed by atoms with Crippen LogP contribution in [0.1, 0.15) is 22.9 Å². The highest BCUT2D eigenvalue weighted by Gasteiger charge is 2.41. The van der Waals surface area contributed by atoms with Gasteiger partial charge in [-0.3, -0.25) is 9.59 Å². The molecule has 5 nitrogen and oxygen atoms in total. The predicted octanol–water partition coefficient (Wildman–Crippen LogP) is 5.16. The molecular weight excluding hydrogens is 396 g/mol. The summed E-state index contributed by atoms with van der Waals surface area (Å²) >= 11 is 1.43. The number of carbonyl (C=O) groups is 2. The van der Waals surface area contributed by atoms with Crippen LogP contribution >= 0.6 is 11.3 Å². The number of ether oxygens (including phenoxy) is 1. The van der Waals surface area contributed by atoms with Crippen molar-refractivity contribution >= 4 is 40.1 Å². The standard InChI is InChI=1S/C24H22N2O3S/c1-4-29-19-9-6-5-8-18(19)26-23(27)21(20-10-7-13-30-20)22(24(26)28)25-17-14-15(2)11-12-16(17)3/h5-14,25H,4H2,1-3H3. The number of aryl methyl sites for hydroxylation is 2. The summed E-state index contributed by atoms with van der Waals surface area (Å²) in [6, 6.07) is 16.8. The van der Waals surface area contributed by atoms with Crippen LogP contribution in [0.4, 0.5) is 11.4 Å². The van der Waals surface area contributed by atoms with Crippen LogP contribution in [-0.2, 0) is 9.59 Å². The second-order valence-electron chi connectivity index (χ2n) is 7.02. The van der Waals surface area contributed by atoms with Gasteiger partial charge in [-0.05, 0) is 61.5 Å². The van der Waals surface area contributed by atoms with E-state index in [-0.39, 0.29) is 11.6 Å². The second kappa shape index (κ2) is 8.16. The van der Waals surface area contributed by atoms with Gasteiger partial charge in [0.25, 0.3) is 11.8 Å². The monoisotopic (exact) mass is 418 g/mol. The molecule has 0 radical (unpaired) electrons. The highest BCUT2D eigenvalue weighted by atomic mass is 32.1. The Balaban J connectivity index is 1.83. The number of rotatable bonds is 6. The number of nitrogens with one attached hydrogen (secondary N) is 1. The van der Waals surface area contributed by atoms with Gasteiger partial charge in [-0.1, -0.05) is 30.3 Å². The molecular formula is C24H22N2O3S. The minimum Gasteiger partial charge on any atom is -0.492 e. The Morgan fingerprint density at radius 1 is 1.00 bits per heavy atom. The van der Waals surface area contributed by atoms with E-state index in [9.17, 15) is 9.59 Å². The van der Waals surface area contributed by atoms with E-state index in [2.05, 4.69) is 5.32 Å². The van der Waals surface area contributed by atoms with Gasteiger partial charge in [-0.15, -0.1) is 11.3 Å². The summed E-state index contributed by atoms with van der Waals surface area (Å²) in [5, 5.41) is 5.15. The number of thiophene rings is 1. The number of anilines is 2. The van der Waals surface area contributed by atoms with Crippen LogP contribution in [0.3, 0.4) is 0 Å². The lowest BCUT2D eigenvalue weighted by Crippen LogP contribution is -2.32. The summed E-state index contributed by atoms with van der Waals surface area (Å²) in [6.07, 6.45) is 0. The third-order valence-corrected chi connectivity index (χ3v) is 5.80. The number of amides is 2. The lowest BCUT2D eigenvalue weighted by molar-refractivity contribution is -0.120. The third kappa shape index (κ3) is 3.50. The fourth-order valence-corrected chi connectivity index (χ4v) is 4.21. The lowest BCUT2D eigenvalue weighted by atomic mass is 10.1. The summed E-state index contributed by atoms with van der Waals surface area (Å²) in [5.74, 6) is -0.251.